The van der Waals surface area contributed by atoms with Crippen LogP contribution in [-0.2, 0) is 0 Å². The van der Waals surface area contributed by atoms with Gasteiger partial charge in [-0.1, -0.05) is 42.0 Å². The predicted octanol–water partition coefficient (Wildman–Crippen LogP) is 5.11. The third-order valence-electron chi connectivity index (χ3n) is 5.52. The summed E-state index contributed by atoms with van der Waals surface area (Å²) in [5, 5.41) is 10.8. The van der Waals surface area contributed by atoms with Crippen molar-refractivity contribution in [1.29, 1.82) is 0 Å². The first-order valence-electron chi connectivity index (χ1n) is 9.84. The molecule has 2 amide bonds. The zero-order chi connectivity index (χ0) is 19.5. The smallest absolute Gasteiger partial charge is 0.321 e. The monoisotopic (exact) mass is 374 g/mol. The number of nitrogens with one attached hydrogen (secondary N) is 2. The molecule has 4 rings (SSSR count). The van der Waals surface area contributed by atoms with E-state index >= 15 is 0 Å². The lowest BCUT2D eigenvalue weighted by Gasteiger charge is -2.31. The highest BCUT2D eigenvalue weighted by Crippen LogP contribution is 2.30. The van der Waals surface area contributed by atoms with Gasteiger partial charge in [-0.15, -0.1) is 0 Å². The molecule has 2 aromatic carbocycles. The maximum Gasteiger partial charge on any atom is 0.321 e. The number of aromatic amines is 1. The highest BCUT2D eigenvalue weighted by molar-refractivity contribution is 5.90. The number of para-hydroxylation sites is 1. The van der Waals surface area contributed by atoms with Gasteiger partial charge in [0.1, 0.15) is 0 Å². The highest BCUT2D eigenvalue weighted by Gasteiger charge is 2.25. The maximum absolute atomic E-state index is 12.6. The van der Waals surface area contributed by atoms with Crippen molar-refractivity contribution in [2.24, 2.45) is 0 Å². The molecule has 1 aliphatic heterocycles. The van der Waals surface area contributed by atoms with E-state index < -0.39 is 0 Å². The molecule has 1 saturated heterocycles. The highest BCUT2D eigenvalue weighted by atomic mass is 16.2. The number of nitrogens with zero attached hydrogens (tertiary/aromatic N) is 2. The number of carbonyl (C=O) groups is 1. The number of anilines is 1. The zero-order valence-corrected chi connectivity index (χ0v) is 16.4. The summed E-state index contributed by atoms with van der Waals surface area (Å²) in [6.07, 6.45) is 1.88. The van der Waals surface area contributed by atoms with E-state index in [-0.39, 0.29) is 6.03 Å². The zero-order valence-electron chi connectivity index (χ0n) is 16.4. The standard InChI is InChI=1S/C23H26N4O/c1-16-6-5-8-19(14-16)22-15-21(25-26-22)18-10-12-27(13-11-18)23(28)24-20-9-4-3-7-17(20)2/h3-9,14-15,18H,10-13H2,1-2H3,(H,24,28)(H,25,26). The summed E-state index contributed by atoms with van der Waals surface area (Å²) < 4.78 is 0. The van der Waals surface area contributed by atoms with Crippen LogP contribution in [0.3, 0.4) is 0 Å². The van der Waals surface area contributed by atoms with Crippen molar-refractivity contribution in [1.82, 2.24) is 15.1 Å². The minimum atomic E-state index is -0.0159. The second-order valence-electron chi connectivity index (χ2n) is 7.58. The summed E-state index contributed by atoms with van der Waals surface area (Å²) in [5.41, 5.74) is 6.47. The Hall–Kier alpha value is -3.08. The fraction of sp³-hybridized carbons (Fsp3) is 0.304. The van der Waals surface area contributed by atoms with E-state index in [0.717, 1.165) is 54.1 Å². The Kier molecular flexibility index (Phi) is 5.15. The molecule has 5 nitrogen and oxygen atoms in total. The molecular formula is C23H26N4O. The summed E-state index contributed by atoms with van der Waals surface area (Å²) in [7, 11) is 0. The molecule has 1 fully saturated rings. The molecule has 0 spiro atoms. The number of benzene rings is 2. The van der Waals surface area contributed by atoms with Gasteiger partial charge in [0.2, 0.25) is 0 Å². The van der Waals surface area contributed by atoms with E-state index in [1.165, 1.54) is 5.56 Å². The van der Waals surface area contributed by atoms with Gasteiger partial charge in [0.15, 0.2) is 0 Å². The molecule has 2 heterocycles. The Labute approximate surface area is 165 Å². The van der Waals surface area contributed by atoms with E-state index in [1.54, 1.807) is 0 Å². The van der Waals surface area contributed by atoms with Crippen LogP contribution in [0.25, 0.3) is 11.3 Å². The molecule has 0 saturated carbocycles. The van der Waals surface area contributed by atoms with Gasteiger partial charge in [-0.05, 0) is 50.5 Å². The number of urea groups is 1. The van der Waals surface area contributed by atoms with Gasteiger partial charge in [-0.2, -0.15) is 5.10 Å². The van der Waals surface area contributed by atoms with Crippen LogP contribution in [0, 0.1) is 13.8 Å². The first kappa shape index (κ1) is 18.3. The predicted molar refractivity (Wildman–Crippen MR) is 113 cm³/mol. The Bertz CT molecular complexity index is 970. The molecule has 0 bridgehead atoms. The molecule has 3 aromatic rings. The minimum Gasteiger partial charge on any atom is -0.324 e. The quantitative estimate of drug-likeness (QED) is 0.669. The number of piperidine rings is 1. The fourth-order valence-electron chi connectivity index (χ4n) is 3.80. The Morgan fingerprint density at radius 3 is 2.61 bits per heavy atom. The normalized spacial score (nSPS) is 14.9. The number of aryl methyl sites for hydroxylation is 2. The van der Waals surface area contributed by atoms with Gasteiger partial charge in [-0.25, -0.2) is 4.79 Å². The lowest BCUT2D eigenvalue weighted by molar-refractivity contribution is 0.194. The summed E-state index contributed by atoms with van der Waals surface area (Å²) in [6.45, 7) is 5.60. The van der Waals surface area contributed by atoms with Crippen LogP contribution >= 0.6 is 0 Å². The fourth-order valence-corrected chi connectivity index (χ4v) is 3.80. The molecule has 0 unspecified atom stereocenters. The molecule has 1 aliphatic rings. The Morgan fingerprint density at radius 1 is 1.07 bits per heavy atom. The summed E-state index contributed by atoms with van der Waals surface area (Å²) >= 11 is 0. The molecule has 144 valence electrons. The van der Waals surface area contributed by atoms with Crippen LogP contribution in [0.15, 0.2) is 54.6 Å². The van der Waals surface area contributed by atoms with Crippen molar-refractivity contribution in [2.75, 3.05) is 18.4 Å². The van der Waals surface area contributed by atoms with Crippen LogP contribution in [0.5, 0.6) is 0 Å². The molecule has 0 aliphatic carbocycles. The third-order valence-corrected chi connectivity index (χ3v) is 5.52. The average Bonchev–Trinajstić information content (AvgIpc) is 3.20. The van der Waals surface area contributed by atoms with Crippen molar-refractivity contribution in [3.05, 3.63) is 71.4 Å². The third kappa shape index (κ3) is 3.93. The lowest BCUT2D eigenvalue weighted by Crippen LogP contribution is -2.40. The van der Waals surface area contributed by atoms with Crippen LogP contribution in [0.1, 0.15) is 35.6 Å². The van der Waals surface area contributed by atoms with Gasteiger partial charge < -0.3 is 10.2 Å². The number of hydrogen-bond donors (Lipinski definition) is 2. The first-order valence-corrected chi connectivity index (χ1v) is 9.84. The minimum absolute atomic E-state index is 0.0159. The molecular weight excluding hydrogens is 348 g/mol. The van der Waals surface area contributed by atoms with Crippen molar-refractivity contribution in [3.63, 3.8) is 0 Å². The number of hydrogen-bond acceptors (Lipinski definition) is 2. The molecule has 0 atom stereocenters. The van der Waals surface area contributed by atoms with Crippen LogP contribution in [0.4, 0.5) is 10.5 Å². The van der Waals surface area contributed by atoms with Gasteiger partial charge in [0.05, 0.1) is 5.69 Å². The molecule has 2 N–H and O–H groups in total. The summed E-state index contributed by atoms with van der Waals surface area (Å²) in [5.74, 6) is 0.411. The van der Waals surface area contributed by atoms with Crippen molar-refractivity contribution >= 4 is 11.7 Å². The number of likely N-dealkylation sites (tertiary alicyclic amines) is 1. The van der Waals surface area contributed by atoms with Crippen molar-refractivity contribution in [2.45, 2.75) is 32.6 Å². The lowest BCUT2D eigenvalue weighted by atomic mass is 9.93. The largest absolute Gasteiger partial charge is 0.324 e. The van der Waals surface area contributed by atoms with E-state index in [2.05, 4.69) is 52.8 Å². The van der Waals surface area contributed by atoms with Crippen molar-refractivity contribution < 1.29 is 4.79 Å². The molecule has 1 aromatic heterocycles. The van der Waals surface area contributed by atoms with E-state index in [1.807, 2.05) is 36.1 Å². The van der Waals surface area contributed by atoms with Crippen molar-refractivity contribution in [3.8, 4) is 11.3 Å². The number of rotatable bonds is 3. The topological polar surface area (TPSA) is 61.0 Å². The Morgan fingerprint density at radius 2 is 1.86 bits per heavy atom. The number of carbonyl (C=O) groups excluding carboxylic acids is 1. The maximum atomic E-state index is 12.6. The summed E-state index contributed by atoms with van der Waals surface area (Å²) in [6, 6.07) is 18.4. The van der Waals surface area contributed by atoms with E-state index in [4.69, 9.17) is 0 Å². The SMILES string of the molecule is Cc1cccc(-c2cc(C3CCN(C(=O)Nc4ccccc4C)CC3)[nH]n2)c1. The van der Waals surface area contributed by atoms with Crippen LogP contribution in [0.2, 0.25) is 0 Å². The van der Waals surface area contributed by atoms with Crippen LogP contribution in [-0.4, -0.2) is 34.2 Å². The number of aromatic nitrogens is 2. The average molecular weight is 374 g/mol. The summed E-state index contributed by atoms with van der Waals surface area (Å²) in [4.78, 5) is 14.5. The second-order valence-corrected chi connectivity index (χ2v) is 7.58. The van der Waals surface area contributed by atoms with Crippen LogP contribution < -0.4 is 5.32 Å². The van der Waals surface area contributed by atoms with Gasteiger partial charge in [0, 0.05) is 36.0 Å². The number of amides is 2. The van der Waals surface area contributed by atoms with Gasteiger partial charge >= 0.3 is 6.03 Å². The van der Waals surface area contributed by atoms with E-state index in [0.29, 0.717) is 5.92 Å². The molecule has 5 heteroatoms. The second kappa shape index (κ2) is 7.89. The Balaban J connectivity index is 1.37. The molecule has 0 radical (unpaired) electrons. The van der Waals surface area contributed by atoms with E-state index in [9.17, 15) is 4.79 Å². The van der Waals surface area contributed by atoms with Gasteiger partial charge in [0.25, 0.3) is 0 Å². The van der Waals surface area contributed by atoms with Gasteiger partial charge in [-0.3, -0.25) is 5.10 Å². The molecule has 28 heavy (non-hydrogen) atoms. The first-order chi connectivity index (χ1) is 13.6. The number of H-pyrrole nitrogens is 1.